The second-order valence-corrected chi connectivity index (χ2v) is 5.52. The number of hydrogen-bond acceptors (Lipinski definition) is 5. The van der Waals surface area contributed by atoms with Crippen molar-refractivity contribution in [1.29, 1.82) is 0 Å². The van der Waals surface area contributed by atoms with E-state index in [0.29, 0.717) is 52.6 Å². The molecule has 1 amide bonds. The average molecular weight is 319 g/mol. The van der Waals surface area contributed by atoms with Gasteiger partial charge >= 0.3 is 0 Å². The maximum absolute atomic E-state index is 11.5. The lowest BCUT2D eigenvalue weighted by atomic mass is 10.3. The summed E-state index contributed by atoms with van der Waals surface area (Å²) in [6, 6.07) is 0. The number of hydrogen-bond donors (Lipinski definition) is 1. The summed E-state index contributed by atoms with van der Waals surface area (Å²) in [4.78, 5) is 11.5. The number of ether oxygens (including phenoxy) is 4. The Bertz CT molecular complexity index is 259. The molecule has 0 aromatic carbocycles. The van der Waals surface area contributed by atoms with Gasteiger partial charge in [0.05, 0.1) is 45.2 Å². The van der Waals surface area contributed by atoms with Crippen LogP contribution in [0.25, 0.3) is 0 Å². The molecule has 0 bridgehead atoms. The summed E-state index contributed by atoms with van der Waals surface area (Å²) in [5.41, 5.74) is 0. The Balaban J connectivity index is 3.17. The van der Waals surface area contributed by atoms with Gasteiger partial charge in [-0.15, -0.1) is 0 Å². The van der Waals surface area contributed by atoms with E-state index in [2.05, 4.69) is 5.32 Å². The number of carbonyl (C=O) groups excluding carboxylic acids is 1. The van der Waals surface area contributed by atoms with Crippen molar-refractivity contribution in [2.75, 3.05) is 46.2 Å². The maximum Gasteiger partial charge on any atom is 0.220 e. The summed E-state index contributed by atoms with van der Waals surface area (Å²) in [6.45, 7) is 11.9. The highest BCUT2D eigenvalue weighted by Gasteiger charge is 2.01. The molecule has 0 saturated carbocycles. The van der Waals surface area contributed by atoms with Gasteiger partial charge in [0.25, 0.3) is 0 Å². The van der Waals surface area contributed by atoms with Gasteiger partial charge in [-0.25, -0.2) is 0 Å². The predicted molar refractivity (Wildman–Crippen MR) is 86.1 cm³/mol. The van der Waals surface area contributed by atoms with Crippen LogP contribution in [0.4, 0.5) is 0 Å². The minimum atomic E-state index is 0.0399. The van der Waals surface area contributed by atoms with Crippen LogP contribution in [-0.2, 0) is 23.7 Å². The Morgan fingerprint density at radius 3 is 2.00 bits per heavy atom. The molecule has 0 fully saturated rings. The molecule has 6 nitrogen and oxygen atoms in total. The van der Waals surface area contributed by atoms with E-state index < -0.39 is 0 Å². The van der Waals surface area contributed by atoms with Crippen LogP contribution in [0.15, 0.2) is 0 Å². The SMILES string of the molecule is CC(C)OCCCC(=O)NCCOCCOCCOC(C)C. The highest BCUT2D eigenvalue weighted by Crippen LogP contribution is 1.94. The Morgan fingerprint density at radius 1 is 0.818 bits per heavy atom. The van der Waals surface area contributed by atoms with E-state index >= 15 is 0 Å². The smallest absolute Gasteiger partial charge is 0.220 e. The maximum atomic E-state index is 11.5. The van der Waals surface area contributed by atoms with E-state index in [1.165, 1.54) is 0 Å². The highest BCUT2D eigenvalue weighted by atomic mass is 16.5. The van der Waals surface area contributed by atoms with Crippen molar-refractivity contribution in [2.24, 2.45) is 0 Å². The average Bonchev–Trinajstić information content (AvgIpc) is 2.45. The number of amides is 1. The van der Waals surface area contributed by atoms with Gasteiger partial charge in [-0.2, -0.15) is 0 Å². The van der Waals surface area contributed by atoms with Crippen molar-refractivity contribution >= 4 is 5.91 Å². The minimum absolute atomic E-state index is 0.0399. The van der Waals surface area contributed by atoms with Crippen LogP contribution in [0.3, 0.4) is 0 Å². The topological polar surface area (TPSA) is 66.0 Å². The summed E-state index contributed by atoms with van der Waals surface area (Å²) >= 11 is 0. The zero-order valence-corrected chi connectivity index (χ0v) is 14.6. The van der Waals surface area contributed by atoms with Crippen molar-refractivity contribution in [2.45, 2.75) is 52.7 Å². The van der Waals surface area contributed by atoms with Gasteiger partial charge in [-0.3, -0.25) is 4.79 Å². The second-order valence-electron chi connectivity index (χ2n) is 5.52. The zero-order valence-electron chi connectivity index (χ0n) is 14.6. The van der Waals surface area contributed by atoms with Gasteiger partial charge in [0.15, 0.2) is 0 Å². The van der Waals surface area contributed by atoms with Gasteiger partial charge in [-0.05, 0) is 34.1 Å². The van der Waals surface area contributed by atoms with E-state index in [4.69, 9.17) is 18.9 Å². The van der Waals surface area contributed by atoms with Crippen molar-refractivity contribution in [3.63, 3.8) is 0 Å². The molecule has 0 radical (unpaired) electrons. The molecule has 0 aromatic rings. The molecule has 22 heavy (non-hydrogen) atoms. The van der Waals surface area contributed by atoms with E-state index in [-0.39, 0.29) is 18.1 Å². The van der Waals surface area contributed by atoms with Crippen LogP contribution in [0.1, 0.15) is 40.5 Å². The molecule has 0 saturated heterocycles. The Labute approximate surface area is 134 Å². The molecule has 1 N–H and O–H groups in total. The molecule has 0 unspecified atom stereocenters. The highest BCUT2D eigenvalue weighted by molar-refractivity contribution is 5.75. The second kappa shape index (κ2) is 15.2. The van der Waals surface area contributed by atoms with Gasteiger partial charge in [0, 0.05) is 19.6 Å². The van der Waals surface area contributed by atoms with E-state index in [0.717, 1.165) is 6.42 Å². The lowest BCUT2D eigenvalue weighted by Gasteiger charge is -2.09. The summed E-state index contributed by atoms with van der Waals surface area (Å²) in [5, 5.41) is 2.81. The van der Waals surface area contributed by atoms with Gasteiger partial charge in [0.1, 0.15) is 0 Å². The third-order valence-electron chi connectivity index (χ3n) is 2.62. The lowest BCUT2D eigenvalue weighted by molar-refractivity contribution is -0.121. The normalized spacial score (nSPS) is 11.4. The number of carbonyl (C=O) groups is 1. The van der Waals surface area contributed by atoms with Gasteiger partial charge < -0.3 is 24.3 Å². The van der Waals surface area contributed by atoms with Crippen LogP contribution in [0.2, 0.25) is 0 Å². The monoisotopic (exact) mass is 319 g/mol. The fraction of sp³-hybridized carbons (Fsp3) is 0.938. The molecule has 6 heteroatoms. The van der Waals surface area contributed by atoms with Crippen LogP contribution >= 0.6 is 0 Å². The largest absolute Gasteiger partial charge is 0.379 e. The standard InChI is InChI=1S/C16H33NO5/c1-14(2)21-8-5-6-16(18)17-7-9-19-10-11-20-12-13-22-15(3)4/h14-15H,5-13H2,1-4H3,(H,17,18). The quantitative estimate of drug-likeness (QED) is 0.466. The molecule has 0 aromatic heterocycles. The molecule has 132 valence electrons. The molecule has 0 aliphatic rings. The fourth-order valence-corrected chi connectivity index (χ4v) is 1.57. The summed E-state index contributed by atoms with van der Waals surface area (Å²) < 4.78 is 21.4. The Hall–Kier alpha value is -0.690. The fourth-order valence-electron chi connectivity index (χ4n) is 1.57. The molecule has 0 aliphatic carbocycles. The van der Waals surface area contributed by atoms with Gasteiger partial charge in [-0.1, -0.05) is 0 Å². The Morgan fingerprint density at radius 2 is 1.36 bits per heavy atom. The lowest BCUT2D eigenvalue weighted by Crippen LogP contribution is -2.27. The molecule has 0 aliphatic heterocycles. The predicted octanol–water partition coefficient (Wildman–Crippen LogP) is 1.77. The van der Waals surface area contributed by atoms with E-state index in [9.17, 15) is 4.79 Å². The summed E-state index contributed by atoms with van der Waals surface area (Å²) in [7, 11) is 0. The first-order chi connectivity index (χ1) is 10.5. The van der Waals surface area contributed by atoms with Gasteiger partial charge in [0.2, 0.25) is 5.91 Å². The van der Waals surface area contributed by atoms with Crippen molar-refractivity contribution in [3.05, 3.63) is 0 Å². The molecular weight excluding hydrogens is 286 g/mol. The third kappa shape index (κ3) is 17.4. The number of nitrogens with one attached hydrogen (secondary N) is 1. The first-order valence-electron chi connectivity index (χ1n) is 8.17. The molecule has 0 heterocycles. The van der Waals surface area contributed by atoms with Crippen LogP contribution < -0.4 is 5.32 Å². The van der Waals surface area contributed by atoms with Crippen LogP contribution in [0, 0.1) is 0 Å². The summed E-state index contributed by atoms with van der Waals surface area (Å²) in [6.07, 6.45) is 1.69. The molecule has 0 spiro atoms. The third-order valence-corrected chi connectivity index (χ3v) is 2.62. The summed E-state index contributed by atoms with van der Waals surface area (Å²) in [5.74, 6) is 0.0399. The van der Waals surface area contributed by atoms with Crippen LogP contribution in [0.5, 0.6) is 0 Å². The molecule has 0 rings (SSSR count). The zero-order chi connectivity index (χ0) is 16.6. The Kier molecular flexibility index (Phi) is 14.7. The molecular formula is C16H33NO5. The van der Waals surface area contributed by atoms with E-state index in [1.807, 2.05) is 27.7 Å². The van der Waals surface area contributed by atoms with Crippen molar-refractivity contribution in [1.82, 2.24) is 5.32 Å². The van der Waals surface area contributed by atoms with Crippen LogP contribution in [-0.4, -0.2) is 64.3 Å². The molecule has 0 atom stereocenters. The first-order valence-corrected chi connectivity index (χ1v) is 8.17. The van der Waals surface area contributed by atoms with Crippen molar-refractivity contribution < 1.29 is 23.7 Å². The first kappa shape index (κ1) is 21.3. The number of rotatable bonds is 15. The van der Waals surface area contributed by atoms with E-state index in [1.54, 1.807) is 0 Å². The minimum Gasteiger partial charge on any atom is -0.379 e. The van der Waals surface area contributed by atoms with Crippen molar-refractivity contribution in [3.8, 4) is 0 Å².